The number of nitrogens with zero attached hydrogens (tertiary/aromatic N) is 1. The molecule has 0 aromatic heterocycles. The summed E-state index contributed by atoms with van der Waals surface area (Å²) in [5.74, 6) is -2.04. The van der Waals surface area contributed by atoms with E-state index in [1.807, 2.05) is 6.92 Å². The first-order valence-electron chi connectivity index (χ1n) is 7.85. The molecule has 4 unspecified atom stereocenters. The van der Waals surface area contributed by atoms with Crippen molar-refractivity contribution in [1.29, 1.82) is 0 Å². The number of rotatable bonds is 3. The molecule has 1 amide bonds. The third-order valence-corrected chi connectivity index (χ3v) is 5.34. The summed E-state index contributed by atoms with van der Waals surface area (Å²) in [4.78, 5) is 25.5. The van der Waals surface area contributed by atoms with Crippen LogP contribution in [-0.2, 0) is 9.59 Å². The lowest BCUT2D eigenvalue weighted by Crippen LogP contribution is -2.45. The van der Waals surface area contributed by atoms with Gasteiger partial charge in [-0.2, -0.15) is 0 Å². The van der Waals surface area contributed by atoms with Crippen LogP contribution in [0.1, 0.15) is 31.2 Å². The number of hydrogen-bond acceptors (Lipinski definition) is 2. The molecule has 2 aliphatic rings. The molecule has 0 bridgehead atoms. The number of halogens is 2. The lowest BCUT2D eigenvalue weighted by molar-refractivity contribution is -0.148. The van der Waals surface area contributed by atoms with Crippen LogP contribution in [0.5, 0.6) is 0 Å². The lowest BCUT2D eigenvalue weighted by Gasteiger charge is -2.35. The van der Waals surface area contributed by atoms with Crippen molar-refractivity contribution < 1.29 is 19.1 Å². The highest BCUT2D eigenvalue weighted by molar-refractivity contribution is 6.31. The van der Waals surface area contributed by atoms with Crippen LogP contribution in [-0.4, -0.2) is 35.0 Å². The van der Waals surface area contributed by atoms with Crippen LogP contribution < -0.4 is 0 Å². The fraction of sp³-hybridized carbons (Fsp3) is 0.529. The molecule has 1 aromatic carbocycles. The molecule has 3 rings (SSSR count). The number of benzene rings is 1. The molecule has 0 spiro atoms. The Labute approximate surface area is 139 Å². The van der Waals surface area contributed by atoms with Crippen LogP contribution in [0, 0.1) is 23.6 Å². The summed E-state index contributed by atoms with van der Waals surface area (Å²) < 4.78 is 13.9. The van der Waals surface area contributed by atoms with Crippen molar-refractivity contribution in [3.63, 3.8) is 0 Å². The second-order valence-electron chi connectivity index (χ2n) is 6.58. The number of amides is 1. The van der Waals surface area contributed by atoms with Gasteiger partial charge in [-0.05, 0) is 30.9 Å². The van der Waals surface area contributed by atoms with Gasteiger partial charge in [0.25, 0.3) is 0 Å². The van der Waals surface area contributed by atoms with Crippen LogP contribution >= 0.6 is 11.6 Å². The third-order valence-electron chi connectivity index (χ3n) is 5.01. The summed E-state index contributed by atoms with van der Waals surface area (Å²) in [7, 11) is 0. The van der Waals surface area contributed by atoms with Crippen molar-refractivity contribution in [3.05, 3.63) is 34.6 Å². The summed E-state index contributed by atoms with van der Waals surface area (Å²) in [5, 5.41) is 9.51. The van der Waals surface area contributed by atoms with Gasteiger partial charge >= 0.3 is 5.97 Å². The molecular weight excluding hydrogens is 321 g/mol. The second-order valence-corrected chi connectivity index (χ2v) is 6.99. The molecule has 1 N–H and O–H groups in total. The van der Waals surface area contributed by atoms with E-state index in [9.17, 15) is 14.0 Å². The highest BCUT2D eigenvalue weighted by atomic mass is 35.5. The highest BCUT2D eigenvalue weighted by Crippen LogP contribution is 2.51. The van der Waals surface area contributed by atoms with E-state index in [0.29, 0.717) is 36.5 Å². The van der Waals surface area contributed by atoms with Crippen molar-refractivity contribution in [2.24, 2.45) is 17.8 Å². The van der Waals surface area contributed by atoms with Gasteiger partial charge in [-0.15, -0.1) is 0 Å². The fourth-order valence-electron chi connectivity index (χ4n) is 3.60. The smallest absolute Gasteiger partial charge is 0.306 e. The molecule has 1 aliphatic carbocycles. The summed E-state index contributed by atoms with van der Waals surface area (Å²) in [5.41, 5.74) is 0.431. The Morgan fingerprint density at radius 3 is 2.70 bits per heavy atom. The van der Waals surface area contributed by atoms with Crippen LogP contribution in [0.3, 0.4) is 0 Å². The zero-order valence-corrected chi connectivity index (χ0v) is 13.6. The fourth-order valence-corrected chi connectivity index (χ4v) is 3.90. The van der Waals surface area contributed by atoms with E-state index >= 15 is 0 Å². The average molecular weight is 340 g/mol. The largest absolute Gasteiger partial charge is 0.481 e. The third kappa shape index (κ3) is 3.07. The normalized spacial score (nSPS) is 30.1. The molecular formula is C17H19ClFNO3. The molecule has 124 valence electrons. The van der Waals surface area contributed by atoms with Gasteiger partial charge < -0.3 is 10.0 Å². The van der Waals surface area contributed by atoms with E-state index in [1.165, 1.54) is 6.07 Å². The minimum Gasteiger partial charge on any atom is -0.481 e. The molecule has 6 heteroatoms. The van der Waals surface area contributed by atoms with Gasteiger partial charge in [0.1, 0.15) is 5.82 Å². The highest BCUT2D eigenvalue weighted by Gasteiger charge is 2.48. The second kappa shape index (κ2) is 6.11. The Kier molecular flexibility index (Phi) is 4.32. The molecule has 1 aliphatic heterocycles. The van der Waals surface area contributed by atoms with Crippen molar-refractivity contribution in [1.82, 2.24) is 4.90 Å². The van der Waals surface area contributed by atoms with E-state index in [1.54, 1.807) is 17.0 Å². The monoisotopic (exact) mass is 339 g/mol. The summed E-state index contributed by atoms with van der Waals surface area (Å²) >= 11 is 6.07. The molecule has 1 aromatic rings. The molecule has 1 saturated carbocycles. The van der Waals surface area contributed by atoms with E-state index < -0.39 is 11.9 Å². The molecule has 0 radical (unpaired) electrons. The molecule has 4 atom stereocenters. The SMILES string of the molecule is CC1CN(C(=O)C2CC2c2c(F)cccc2Cl)CCC1C(=O)O. The van der Waals surface area contributed by atoms with Crippen molar-refractivity contribution in [3.8, 4) is 0 Å². The van der Waals surface area contributed by atoms with Crippen LogP contribution in [0.15, 0.2) is 18.2 Å². The number of carbonyl (C=O) groups is 2. The first-order valence-corrected chi connectivity index (χ1v) is 8.23. The quantitative estimate of drug-likeness (QED) is 0.920. The summed E-state index contributed by atoms with van der Waals surface area (Å²) in [6.07, 6.45) is 1.08. The maximum atomic E-state index is 13.9. The molecule has 23 heavy (non-hydrogen) atoms. The van der Waals surface area contributed by atoms with Gasteiger partial charge in [0.15, 0.2) is 0 Å². The number of carbonyl (C=O) groups excluding carboxylic acids is 1. The van der Waals surface area contributed by atoms with Crippen LogP contribution in [0.2, 0.25) is 5.02 Å². The molecule has 1 heterocycles. The van der Waals surface area contributed by atoms with Gasteiger partial charge in [-0.25, -0.2) is 4.39 Å². The van der Waals surface area contributed by atoms with Gasteiger partial charge in [-0.1, -0.05) is 24.6 Å². The zero-order valence-electron chi connectivity index (χ0n) is 12.8. The average Bonchev–Trinajstić information content (AvgIpc) is 3.26. The summed E-state index contributed by atoms with van der Waals surface area (Å²) in [6, 6.07) is 4.56. The molecule has 2 fully saturated rings. The van der Waals surface area contributed by atoms with E-state index in [-0.39, 0.29) is 29.5 Å². The Morgan fingerprint density at radius 1 is 1.35 bits per heavy atom. The van der Waals surface area contributed by atoms with Gasteiger partial charge in [0.2, 0.25) is 5.91 Å². The molecule has 1 saturated heterocycles. The van der Waals surface area contributed by atoms with E-state index in [0.717, 1.165) is 0 Å². The first kappa shape index (κ1) is 16.2. The minimum atomic E-state index is -0.799. The number of hydrogen-bond donors (Lipinski definition) is 1. The predicted octanol–water partition coefficient (Wildman–Crippen LogP) is 3.15. The number of piperidine rings is 1. The Bertz CT molecular complexity index is 630. The Hall–Kier alpha value is -1.62. The van der Waals surface area contributed by atoms with Gasteiger partial charge in [0, 0.05) is 35.5 Å². The minimum absolute atomic E-state index is 0.00925. The Balaban J connectivity index is 1.66. The van der Waals surface area contributed by atoms with Crippen LogP contribution in [0.25, 0.3) is 0 Å². The maximum absolute atomic E-state index is 13.9. The standard InChI is InChI=1S/C17H19ClFNO3/c1-9-8-20(6-5-10(9)17(22)23)16(21)12-7-11(12)15-13(18)3-2-4-14(15)19/h2-4,9-12H,5-8H2,1H3,(H,22,23). The van der Waals surface area contributed by atoms with E-state index in [4.69, 9.17) is 16.7 Å². The van der Waals surface area contributed by atoms with Crippen molar-refractivity contribution in [2.45, 2.75) is 25.7 Å². The lowest BCUT2D eigenvalue weighted by atomic mass is 9.87. The first-order chi connectivity index (χ1) is 10.9. The number of carboxylic acids is 1. The zero-order chi connectivity index (χ0) is 16.7. The summed E-state index contributed by atoms with van der Waals surface area (Å²) in [6.45, 7) is 2.76. The van der Waals surface area contributed by atoms with E-state index in [2.05, 4.69) is 0 Å². The van der Waals surface area contributed by atoms with Gasteiger partial charge in [0.05, 0.1) is 5.92 Å². The number of aliphatic carboxylic acids is 1. The Morgan fingerprint density at radius 2 is 2.09 bits per heavy atom. The van der Waals surface area contributed by atoms with Crippen molar-refractivity contribution >= 4 is 23.5 Å². The predicted molar refractivity (Wildman–Crippen MR) is 83.7 cm³/mol. The number of likely N-dealkylation sites (tertiary alicyclic amines) is 1. The number of carboxylic acid groups (broad SMARTS) is 1. The van der Waals surface area contributed by atoms with Crippen LogP contribution in [0.4, 0.5) is 4.39 Å². The maximum Gasteiger partial charge on any atom is 0.306 e. The van der Waals surface area contributed by atoms with Gasteiger partial charge in [-0.3, -0.25) is 9.59 Å². The molecule has 4 nitrogen and oxygen atoms in total. The topological polar surface area (TPSA) is 57.6 Å². The van der Waals surface area contributed by atoms with Crippen molar-refractivity contribution in [2.75, 3.05) is 13.1 Å².